The van der Waals surface area contributed by atoms with Crippen molar-refractivity contribution in [3.05, 3.63) is 154 Å². The molecule has 0 saturated carbocycles. The zero-order valence-corrected chi connectivity index (χ0v) is 23.4. The highest BCUT2D eigenvalue weighted by atomic mass is 16.3. The summed E-state index contributed by atoms with van der Waals surface area (Å²) < 4.78 is 0. The molecule has 0 amide bonds. The second-order valence-electron chi connectivity index (χ2n) is 11.4. The molecule has 0 aliphatic heterocycles. The van der Waals surface area contributed by atoms with Gasteiger partial charge < -0.3 is 5.11 Å². The molecule has 41 heavy (non-hydrogen) atoms. The maximum Gasteiger partial charge on any atom is 0.119 e. The number of hydrogen-bond acceptors (Lipinski definition) is 2. The van der Waals surface area contributed by atoms with Crippen LogP contribution in [0.3, 0.4) is 0 Å². The van der Waals surface area contributed by atoms with E-state index in [1.807, 2.05) is 18.2 Å². The summed E-state index contributed by atoms with van der Waals surface area (Å²) in [5.41, 5.74) is 10.4. The Balaban J connectivity index is 1.52. The molecule has 2 heteroatoms. The SMILES string of the molecule is CC1=C(C2=C(O)C=CCC2c2c3ccccc3c(-c3ccc(C#N)cc3)c3cccc(C)c23)CC2C=CC=CC2=C1. The third-order valence-corrected chi connectivity index (χ3v) is 9.00. The Labute approximate surface area is 241 Å². The zero-order valence-electron chi connectivity index (χ0n) is 23.4. The van der Waals surface area contributed by atoms with Gasteiger partial charge in [0.2, 0.25) is 0 Å². The van der Waals surface area contributed by atoms with E-state index in [-0.39, 0.29) is 5.92 Å². The average Bonchev–Trinajstić information content (AvgIpc) is 3.00. The fourth-order valence-corrected chi connectivity index (χ4v) is 7.14. The molecule has 2 nitrogen and oxygen atoms in total. The Bertz CT molecular complexity index is 1970. The normalized spacial score (nSPS) is 20.0. The van der Waals surface area contributed by atoms with Gasteiger partial charge in [-0.05, 0) is 105 Å². The topological polar surface area (TPSA) is 44.0 Å². The summed E-state index contributed by atoms with van der Waals surface area (Å²) in [6.07, 6.45) is 16.8. The number of aryl methyl sites for hydroxylation is 1. The van der Waals surface area contributed by atoms with Crippen LogP contribution in [-0.4, -0.2) is 5.11 Å². The molecule has 1 N–H and O–H groups in total. The Kier molecular flexibility index (Phi) is 6.10. The maximum absolute atomic E-state index is 11.5. The van der Waals surface area contributed by atoms with Crippen LogP contribution >= 0.6 is 0 Å². The molecule has 0 heterocycles. The van der Waals surface area contributed by atoms with Crippen LogP contribution in [0.5, 0.6) is 0 Å². The minimum Gasteiger partial charge on any atom is -0.508 e. The summed E-state index contributed by atoms with van der Waals surface area (Å²) in [4.78, 5) is 0. The number of allylic oxidation sites excluding steroid dienone is 11. The first-order chi connectivity index (χ1) is 20.0. The first-order valence-corrected chi connectivity index (χ1v) is 14.4. The molecular weight excluding hydrogens is 498 g/mol. The number of nitriles is 1. The van der Waals surface area contributed by atoms with Crippen molar-refractivity contribution in [1.82, 2.24) is 0 Å². The van der Waals surface area contributed by atoms with E-state index in [4.69, 9.17) is 0 Å². The molecule has 0 fully saturated rings. The molecule has 7 rings (SSSR count). The summed E-state index contributed by atoms with van der Waals surface area (Å²) in [6.45, 7) is 4.39. The van der Waals surface area contributed by atoms with Crippen molar-refractivity contribution in [3.63, 3.8) is 0 Å². The highest BCUT2D eigenvalue weighted by Crippen LogP contribution is 2.50. The maximum atomic E-state index is 11.5. The van der Waals surface area contributed by atoms with Crippen molar-refractivity contribution >= 4 is 21.5 Å². The third-order valence-electron chi connectivity index (χ3n) is 9.00. The summed E-state index contributed by atoms with van der Waals surface area (Å²) in [6, 6.07) is 25.4. The number of aliphatic hydroxyl groups excluding tert-OH is 1. The van der Waals surface area contributed by atoms with Gasteiger partial charge in [0, 0.05) is 17.4 Å². The summed E-state index contributed by atoms with van der Waals surface area (Å²) in [5.74, 6) is 0.732. The standard InChI is InChI=1S/C39H31NO/c1-24-9-7-14-32-36(24)39(31-13-6-5-12-30(31)37(32)27-19-17-26(23-40)18-20-27)33-15-8-16-35(41)38(33)34-22-29-11-4-3-10-28(29)21-25(34)2/h3-14,16-21,29,33,41H,15,22H2,1-2H3. The Morgan fingerprint density at radius 1 is 0.854 bits per heavy atom. The first-order valence-electron chi connectivity index (χ1n) is 14.4. The molecule has 0 saturated heterocycles. The van der Waals surface area contributed by atoms with Crippen LogP contribution in [0, 0.1) is 24.2 Å². The molecule has 0 spiro atoms. The summed E-state index contributed by atoms with van der Waals surface area (Å²) in [5, 5.41) is 25.8. The Hall–Kier alpha value is -4.87. The van der Waals surface area contributed by atoms with E-state index in [0.29, 0.717) is 17.2 Å². The number of benzene rings is 4. The van der Waals surface area contributed by atoms with Gasteiger partial charge in [0.25, 0.3) is 0 Å². The lowest BCUT2D eigenvalue weighted by Crippen LogP contribution is -2.17. The summed E-state index contributed by atoms with van der Waals surface area (Å²) in [7, 11) is 0. The van der Waals surface area contributed by atoms with Crippen LogP contribution in [0.15, 0.2) is 137 Å². The van der Waals surface area contributed by atoms with E-state index < -0.39 is 0 Å². The van der Waals surface area contributed by atoms with Gasteiger partial charge in [0.1, 0.15) is 5.76 Å². The fourth-order valence-electron chi connectivity index (χ4n) is 7.14. The van der Waals surface area contributed by atoms with Gasteiger partial charge in [-0.3, -0.25) is 0 Å². The van der Waals surface area contributed by atoms with Crippen LogP contribution < -0.4 is 0 Å². The van der Waals surface area contributed by atoms with Crippen molar-refractivity contribution in [2.45, 2.75) is 32.6 Å². The minimum absolute atomic E-state index is 0.0199. The van der Waals surface area contributed by atoms with Crippen molar-refractivity contribution in [2.75, 3.05) is 0 Å². The lowest BCUT2D eigenvalue weighted by Gasteiger charge is -2.33. The molecule has 0 aromatic heterocycles. The van der Waals surface area contributed by atoms with Gasteiger partial charge in [-0.1, -0.05) is 91.1 Å². The Morgan fingerprint density at radius 2 is 1.63 bits per heavy atom. The van der Waals surface area contributed by atoms with Crippen LogP contribution in [-0.2, 0) is 0 Å². The Morgan fingerprint density at radius 3 is 2.44 bits per heavy atom. The lowest BCUT2D eigenvalue weighted by atomic mass is 9.71. The van der Waals surface area contributed by atoms with Crippen LogP contribution in [0.2, 0.25) is 0 Å². The fraction of sp³-hybridized carbons (Fsp3) is 0.154. The van der Waals surface area contributed by atoms with E-state index in [2.05, 4.69) is 111 Å². The molecular formula is C39H31NO. The average molecular weight is 530 g/mol. The molecule has 3 aliphatic carbocycles. The minimum atomic E-state index is 0.0199. The largest absolute Gasteiger partial charge is 0.508 e. The molecule has 2 atom stereocenters. The highest BCUT2D eigenvalue weighted by Gasteiger charge is 2.32. The summed E-state index contributed by atoms with van der Waals surface area (Å²) >= 11 is 0. The van der Waals surface area contributed by atoms with Crippen molar-refractivity contribution in [1.29, 1.82) is 5.26 Å². The zero-order chi connectivity index (χ0) is 28.1. The molecule has 198 valence electrons. The van der Waals surface area contributed by atoms with E-state index in [1.165, 1.54) is 55.0 Å². The van der Waals surface area contributed by atoms with Gasteiger partial charge >= 0.3 is 0 Å². The van der Waals surface area contributed by atoms with Crippen LogP contribution in [0.1, 0.15) is 42.4 Å². The smallest absolute Gasteiger partial charge is 0.119 e. The molecule has 0 bridgehead atoms. The lowest BCUT2D eigenvalue weighted by molar-refractivity contribution is 0.415. The van der Waals surface area contributed by atoms with Crippen molar-refractivity contribution < 1.29 is 5.11 Å². The van der Waals surface area contributed by atoms with Gasteiger partial charge in [-0.25, -0.2) is 0 Å². The van der Waals surface area contributed by atoms with E-state index in [9.17, 15) is 10.4 Å². The van der Waals surface area contributed by atoms with E-state index in [0.717, 1.165) is 24.0 Å². The number of fused-ring (bicyclic) bond motifs is 3. The molecule has 2 unspecified atom stereocenters. The molecule has 0 radical (unpaired) electrons. The van der Waals surface area contributed by atoms with E-state index >= 15 is 0 Å². The van der Waals surface area contributed by atoms with Gasteiger partial charge in [-0.2, -0.15) is 5.26 Å². The monoisotopic (exact) mass is 529 g/mol. The molecule has 4 aromatic rings. The van der Waals surface area contributed by atoms with Crippen LogP contribution in [0.25, 0.3) is 32.7 Å². The van der Waals surface area contributed by atoms with E-state index in [1.54, 1.807) is 0 Å². The number of hydrogen-bond donors (Lipinski definition) is 1. The number of rotatable bonds is 3. The second kappa shape index (κ2) is 9.95. The van der Waals surface area contributed by atoms with Crippen LogP contribution in [0.4, 0.5) is 0 Å². The predicted molar refractivity (Wildman–Crippen MR) is 170 cm³/mol. The number of nitrogens with zero attached hydrogens (tertiary/aromatic N) is 1. The van der Waals surface area contributed by atoms with Gasteiger partial charge in [-0.15, -0.1) is 0 Å². The molecule has 4 aromatic carbocycles. The van der Waals surface area contributed by atoms with Gasteiger partial charge in [0.15, 0.2) is 0 Å². The predicted octanol–water partition coefficient (Wildman–Crippen LogP) is 10.1. The second-order valence-corrected chi connectivity index (χ2v) is 11.4. The highest BCUT2D eigenvalue weighted by molar-refractivity contribution is 6.16. The quantitative estimate of drug-likeness (QED) is 0.268. The van der Waals surface area contributed by atoms with Crippen molar-refractivity contribution in [3.8, 4) is 17.2 Å². The van der Waals surface area contributed by atoms with Crippen molar-refractivity contribution in [2.24, 2.45) is 5.92 Å². The third kappa shape index (κ3) is 4.09. The van der Waals surface area contributed by atoms with Gasteiger partial charge in [0.05, 0.1) is 11.6 Å². The first kappa shape index (κ1) is 25.1. The molecule has 3 aliphatic rings. The number of aliphatic hydroxyl groups is 1.